The third-order valence-electron chi connectivity index (χ3n) is 5.74. The van der Waals surface area contributed by atoms with Crippen LogP contribution in [0.2, 0.25) is 0 Å². The Labute approximate surface area is 187 Å². The summed E-state index contributed by atoms with van der Waals surface area (Å²) in [5, 5.41) is 0.758. The fourth-order valence-corrected chi connectivity index (χ4v) is 4.26. The fraction of sp³-hybridized carbons (Fsp3) is 0.120. The number of para-hydroxylation sites is 1. The van der Waals surface area contributed by atoms with Gasteiger partial charge in [0.25, 0.3) is 12.0 Å². The Morgan fingerprint density at radius 2 is 1.55 bits per heavy atom. The van der Waals surface area contributed by atoms with E-state index >= 15 is 0 Å². The summed E-state index contributed by atoms with van der Waals surface area (Å²) in [5.41, 5.74) is 2.32. The van der Waals surface area contributed by atoms with Gasteiger partial charge in [-0.25, -0.2) is 0 Å². The van der Waals surface area contributed by atoms with Crippen molar-refractivity contribution < 1.29 is 28.5 Å². The van der Waals surface area contributed by atoms with Gasteiger partial charge in [0.1, 0.15) is 0 Å². The van der Waals surface area contributed by atoms with Gasteiger partial charge in [-0.2, -0.15) is 0 Å². The Bertz CT molecular complexity index is 1470. The molecule has 3 heterocycles. The molecule has 0 amide bonds. The van der Waals surface area contributed by atoms with E-state index in [1.165, 1.54) is 0 Å². The van der Waals surface area contributed by atoms with Crippen LogP contribution in [-0.2, 0) is 11.3 Å². The lowest BCUT2D eigenvalue weighted by Gasteiger charge is -2.17. The molecule has 8 nitrogen and oxygen atoms in total. The zero-order valence-electron chi connectivity index (χ0n) is 17.3. The summed E-state index contributed by atoms with van der Waals surface area (Å²) in [6, 6.07) is 18.4. The largest absolute Gasteiger partial charge is 0.454 e. The molecule has 0 fully saturated rings. The molecule has 0 aliphatic carbocycles. The van der Waals surface area contributed by atoms with Crippen LogP contribution in [0.15, 0.2) is 65.5 Å². The van der Waals surface area contributed by atoms with Crippen LogP contribution >= 0.6 is 0 Å². The molecule has 3 aromatic carbocycles. The van der Waals surface area contributed by atoms with Gasteiger partial charge < -0.3 is 28.3 Å². The summed E-state index contributed by atoms with van der Waals surface area (Å²) < 4.78 is 28.6. The monoisotopic (exact) mass is 443 g/mol. The number of aromatic nitrogens is 1. The normalized spacial score (nSPS) is 13.3. The number of carbonyl (C=O) groups is 1. The van der Waals surface area contributed by atoms with Crippen molar-refractivity contribution in [2.45, 2.75) is 6.54 Å². The minimum absolute atomic E-state index is 0.0525. The molecule has 2 aliphatic rings. The molecule has 0 atom stereocenters. The van der Waals surface area contributed by atoms with Gasteiger partial charge in [0.05, 0.1) is 12.1 Å². The number of hydrogen-bond donors (Lipinski definition) is 0. The molecule has 0 spiro atoms. The molecule has 0 radical (unpaired) electrons. The second kappa shape index (κ2) is 7.59. The van der Waals surface area contributed by atoms with Crippen LogP contribution in [0.5, 0.6) is 28.7 Å². The maximum atomic E-state index is 13.6. The SMILES string of the molecule is O=COc1c(-c2ccc3c(c2)OCO3)c2ccccc2n(Cc2ccc3c(c2)OCO3)c1=O. The average molecular weight is 443 g/mol. The van der Waals surface area contributed by atoms with E-state index in [4.69, 9.17) is 23.7 Å². The Kier molecular flexibility index (Phi) is 4.43. The van der Waals surface area contributed by atoms with Crippen molar-refractivity contribution in [1.82, 2.24) is 4.57 Å². The topological polar surface area (TPSA) is 85.2 Å². The third kappa shape index (κ3) is 3.15. The first-order valence-corrected chi connectivity index (χ1v) is 10.3. The molecule has 0 bridgehead atoms. The molecule has 0 unspecified atom stereocenters. The van der Waals surface area contributed by atoms with Gasteiger partial charge in [-0.1, -0.05) is 30.3 Å². The number of carbonyl (C=O) groups excluding carboxylic acids is 1. The van der Waals surface area contributed by atoms with E-state index in [1.54, 1.807) is 16.7 Å². The van der Waals surface area contributed by atoms with Crippen LogP contribution in [0.3, 0.4) is 0 Å². The zero-order valence-corrected chi connectivity index (χ0v) is 17.3. The molecule has 1 aromatic heterocycles. The lowest BCUT2D eigenvalue weighted by molar-refractivity contribution is -0.120. The molecule has 0 saturated carbocycles. The standard InChI is InChI=1S/C25H17NO7/c27-12-29-24-23(16-6-8-20-22(10-16)33-14-31-20)17-3-1-2-4-18(17)26(25(24)28)11-15-5-7-19-21(9-15)32-13-30-19/h1-10,12H,11,13-14H2. The number of fused-ring (bicyclic) bond motifs is 3. The lowest BCUT2D eigenvalue weighted by atomic mass is 9.99. The minimum atomic E-state index is -0.425. The molecular formula is C25H17NO7. The summed E-state index contributed by atoms with van der Waals surface area (Å²) in [6.45, 7) is 0.830. The Morgan fingerprint density at radius 1 is 0.848 bits per heavy atom. The van der Waals surface area contributed by atoms with Crippen molar-refractivity contribution in [3.05, 3.63) is 76.6 Å². The molecule has 0 saturated heterocycles. The van der Waals surface area contributed by atoms with E-state index in [2.05, 4.69) is 0 Å². The average Bonchev–Trinajstić information content (AvgIpc) is 3.50. The molecule has 164 valence electrons. The number of ether oxygens (including phenoxy) is 5. The first-order chi connectivity index (χ1) is 16.2. The summed E-state index contributed by atoms with van der Waals surface area (Å²) in [5.74, 6) is 2.43. The Morgan fingerprint density at radius 3 is 2.33 bits per heavy atom. The summed E-state index contributed by atoms with van der Waals surface area (Å²) in [7, 11) is 0. The van der Waals surface area contributed by atoms with E-state index in [9.17, 15) is 9.59 Å². The smallest absolute Gasteiger partial charge is 0.298 e. The second-order valence-corrected chi connectivity index (χ2v) is 7.58. The first-order valence-electron chi connectivity index (χ1n) is 10.3. The van der Waals surface area contributed by atoms with Crippen LogP contribution in [-0.4, -0.2) is 24.6 Å². The Hall–Kier alpha value is -4.46. The van der Waals surface area contributed by atoms with E-state index in [-0.39, 0.29) is 32.4 Å². The number of nitrogens with zero attached hydrogens (tertiary/aromatic N) is 1. The van der Waals surface area contributed by atoms with Gasteiger partial charge >= 0.3 is 0 Å². The highest BCUT2D eigenvalue weighted by Crippen LogP contribution is 2.41. The van der Waals surface area contributed by atoms with Gasteiger partial charge in [-0.05, 0) is 41.5 Å². The summed E-state index contributed by atoms with van der Waals surface area (Å²) >= 11 is 0. The number of benzene rings is 3. The van der Waals surface area contributed by atoms with Gasteiger partial charge in [0.2, 0.25) is 19.3 Å². The molecule has 4 aromatic rings. The van der Waals surface area contributed by atoms with E-state index < -0.39 is 5.56 Å². The van der Waals surface area contributed by atoms with Crippen LogP contribution in [0, 0.1) is 0 Å². The fourth-order valence-electron chi connectivity index (χ4n) is 4.26. The van der Waals surface area contributed by atoms with Crippen LogP contribution in [0.25, 0.3) is 22.0 Å². The van der Waals surface area contributed by atoms with Gasteiger partial charge in [-0.15, -0.1) is 0 Å². The maximum Gasteiger partial charge on any atom is 0.298 e. The van der Waals surface area contributed by atoms with E-state index in [0.717, 1.165) is 10.9 Å². The predicted octanol–water partition coefficient (Wildman–Crippen LogP) is 3.71. The van der Waals surface area contributed by atoms with Crippen LogP contribution in [0.1, 0.15) is 5.56 Å². The van der Waals surface area contributed by atoms with Gasteiger partial charge in [0.15, 0.2) is 23.0 Å². The molecule has 6 rings (SSSR count). The second-order valence-electron chi connectivity index (χ2n) is 7.58. The summed E-state index contributed by atoms with van der Waals surface area (Å²) in [4.78, 5) is 25.0. The summed E-state index contributed by atoms with van der Waals surface area (Å²) in [6.07, 6.45) is 0. The molecular weight excluding hydrogens is 426 g/mol. The molecule has 8 heteroatoms. The van der Waals surface area contributed by atoms with Crippen molar-refractivity contribution in [3.63, 3.8) is 0 Å². The highest BCUT2D eigenvalue weighted by molar-refractivity contribution is 5.98. The number of rotatable bonds is 5. The van der Waals surface area contributed by atoms with Crippen LogP contribution in [0.4, 0.5) is 0 Å². The van der Waals surface area contributed by atoms with Crippen molar-refractivity contribution >= 4 is 17.4 Å². The van der Waals surface area contributed by atoms with Crippen molar-refractivity contribution in [2.24, 2.45) is 0 Å². The highest BCUT2D eigenvalue weighted by atomic mass is 16.7. The van der Waals surface area contributed by atoms with E-state index in [1.807, 2.05) is 48.5 Å². The lowest BCUT2D eigenvalue weighted by Crippen LogP contribution is -2.24. The van der Waals surface area contributed by atoms with Crippen molar-refractivity contribution in [3.8, 4) is 39.9 Å². The quantitative estimate of drug-likeness (QED) is 0.435. The van der Waals surface area contributed by atoms with Gasteiger partial charge in [0, 0.05) is 10.9 Å². The van der Waals surface area contributed by atoms with E-state index in [0.29, 0.717) is 39.6 Å². The van der Waals surface area contributed by atoms with Gasteiger partial charge in [-0.3, -0.25) is 9.59 Å². The van der Waals surface area contributed by atoms with Crippen molar-refractivity contribution in [1.29, 1.82) is 0 Å². The maximum absolute atomic E-state index is 13.6. The zero-order chi connectivity index (χ0) is 22.4. The highest BCUT2D eigenvalue weighted by Gasteiger charge is 2.23. The number of pyridine rings is 1. The molecule has 2 aliphatic heterocycles. The number of hydrogen-bond acceptors (Lipinski definition) is 7. The van der Waals surface area contributed by atoms with Crippen molar-refractivity contribution in [2.75, 3.05) is 13.6 Å². The molecule has 0 N–H and O–H groups in total. The minimum Gasteiger partial charge on any atom is -0.454 e. The first kappa shape index (κ1) is 19.2. The Balaban J connectivity index is 1.56. The van der Waals surface area contributed by atoms with Crippen LogP contribution < -0.4 is 29.2 Å². The molecule has 33 heavy (non-hydrogen) atoms. The predicted molar refractivity (Wildman–Crippen MR) is 118 cm³/mol. The third-order valence-corrected chi connectivity index (χ3v) is 5.74.